The van der Waals surface area contributed by atoms with Crippen LogP contribution in [0.4, 0.5) is 5.82 Å². The maximum Gasteiger partial charge on any atom is 0.254 e. The zero-order chi connectivity index (χ0) is 26.2. The smallest absolute Gasteiger partial charge is 0.254 e. The molecule has 0 atom stereocenters. The van der Waals surface area contributed by atoms with Crippen LogP contribution in [-0.4, -0.2) is 39.6 Å². The van der Waals surface area contributed by atoms with E-state index in [9.17, 15) is 9.59 Å². The molecule has 1 aromatic heterocycles. The summed E-state index contributed by atoms with van der Waals surface area (Å²) in [5.74, 6) is -0.0708. The number of nitrogens with one attached hydrogen (secondary N) is 1. The summed E-state index contributed by atoms with van der Waals surface area (Å²) in [5, 5.41) is 8.37. The number of para-hydroxylation sites is 1. The highest BCUT2D eigenvalue weighted by molar-refractivity contribution is 6.42. The lowest BCUT2D eigenvalue weighted by molar-refractivity contribution is -0.117. The van der Waals surface area contributed by atoms with Gasteiger partial charge >= 0.3 is 0 Å². The van der Waals surface area contributed by atoms with Gasteiger partial charge in [-0.1, -0.05) is 91.5 Å². The third-order valence-electron chi connectivity index (χ3n) is 5.87. The molecule has 1 N–H and O–H groups in total. The molecule has 6 nitrogen and oxygen atoms in total. The standard InChI is InChI=1S/C29H28Cl2N4O2/c1-2-3-10-17-34(29(37)22-15-16-24(30)25(31)18-22)20-28(36)32-27-19-26(21-11-6-4-7-12-21)33-35(27)23-13-8-5-9-14-23/h4-9,11-16,18-19H,2-3,10,17,20H2,1H3,(H,32,36). The average Bonchev–Trinajstić information content (AvgIpc) is 3.34. The maximum atomic E-state index is 13.3. The molecule has 0 unspecified atom stereocenters. The number of halogens is 2. The number of aromatic nitrogens is 2. The molecule has 37 heavy (non-hydrogen) atoms. The van der Waals surface area contributed by atoms with E-state index in [1.54, 1.807) is 21.7 Å². The third kappa shape index (κ3) is 6.79. The highest BCUT2D eigenvalue weighted by Crippen LogP contribution is 2.26. The average molecular weight is 535 g/mol. The number of benzene rings is 3. The predicted octanol–water partition coefficient (Wildman–Crippen LogP) is 7.12. The molecule has 4 aromatic rings. The maximum absolute atomic E-state index is 13.3. The molecule has 3 aromatic carbocycles. The van der Waals surface area contributed by atoms with Crippen molar-refractivity contribution in [3.8, 4) is 16.9 Å². The highest BCUT2D eigenvalue weighted by Gasteiger charge is 2.21. The van der Waals surface area contributed by atoms with Crippen molar-refractivity contribution in [2.24, 2.45) is 0 Å². The largest absolute Gasteiger partial charge is 0.329 e. The SMILES string of the molecule is CCCCCN(CC(=O)Nc1cc(-c2ccccc2)nn1-c1ccccc1)C(=O)c1ccc(Cl)c(Cl)c1. The first-order chi connectivity index (χ1) is 18.0. The Morgan fingerprint density at radius 1 is 0.892 bits per heavy atom. The zero-order valence-electron chi connectivity index (χ0n) is 20.5. The van der Waals surface area contributed by atoms with E-state index in [1.807, 2.05) is 66.7 Å². The first-order valence-electron chi connectivity index (χ1n) is 12.2. The highest BCUT2D eigenvalue weighted by atomic mass is 35.5. The zero-order valence-corrected chi connectivity index (χ0v) is 22.0. The molecule has 4 rings (SSSR count). The van der Waals surface area contributed by atoms with Crippen LogP contribution in [0.2, 0.25) is 10.0 Å². The van der Waals surface area contributed by atoms with Gasteiger partial charge in [0.25, 0.3) is 5.91 Å². The molecule has 1 heterocycles. The van der Waals surface area contributed by atoms with Crippen LogP contribution in [0.1, 0.15) is 36.5 Å². The second kappa shape index (κ2) is 12.6. The van der Waals surface area contributed by atoms with Crippen molar-refractivity contribution in [1.82, 2.24) is 14.7 Å². The van der Waals surface area contributed by atoms with E-state index < -0.39 is 0 Å². The van der Waals surface area contributed by atoms with Crippen LogP contribution in [0, 0.1) is 0 Å². The number of anilines is 1. The Kier molecular flexibility index (Phi) is 8.99. The minimum Gasteiger partial charge on any atom is -0.329 e. The topological polar surface area (TPSA) is 67.2 Å². The van der Waals surface area contributed by atoms with Crippen LogP contribution >= 0.6 is 23.2 Å². The molecule has 0 fully saturated rings. The fraction of sp³-hybridized carbons (Fsp3) is 0.207. The van der Waals surface area contributed by atoms with Crippen LogP contribution in [0.25, 0.3) is 16.9 Å². The van der Waals surface area contributed by atoms with Crippen LogP contribution < -0.4 is 5.32 Å². The monoisotopic (exact) mass is 534 g/mol. The van der Waals surface area contributed by atoms with Gasteiger partial charge in [-0.2, -0.15) is 5.10 Å². The molecule has 0 saturated carbocycles. The summed E-state index contributed by atoms with van der Waals surface area (Å²) in [6.07, 6.45) is 2.74. The van der Waals surface area contributed by atoms with Gasteiger partial charge in [-0.3, -0.25) is 9.59 Å². The van der Waals surface area contributed by atoms with Crippen molar-refractivity contribution in [3.63, 3.8) is 0 Å². The lowest BCUT2D eigenvalue weighted by Gasteiger charge is -2.22. The molecule has 0 bridgehead atoms. The third-order valence-corrected chi connectivity index (χ3v) is 6.61. The Labute approximate surface area is 226 Å². The fourth-order valence-corrected chi connectivity index (χ4v) is 4.26. The molecule has 190 valence electrons. The summed E-state index contributed by atoms with van der Waals surface area (Å²) in [4.78, 5) is 28.1. The summed E-state index contributed by atoms with van der Waals surface area (Å²) in [6, 6.07) is 25.9. The Hall–Kier alpha value is -3.61. The second-order valence-corrected chi connectivity index (χ2v) is 9.45. The number of hydrogen-bond donors (Lipinski definition) is 1. The van der Waals surface area contributed by atoms with Crippen LogP contribution in [0.15, 0.2) is 84.9 Å². The van der Waals surface area contributed by atoms with E-state index in [0.717, 1.165) is 36.2 Å². The van der Waals surface area contributed by atoms with E-state index in [2.05, 4.69) is 12.2 Å². The minimum atomic E-state index is -0.318. The molecule has 0 spiro atoms. The van der Waals surface area contributed by atoms with Crippen molar-refractivity contribution in [1.29, 1.82) is 0 Å². The number of carbonyl (C=O) groups excluding carboxylic acids is 2. The quantitative estimate of drug-likeness (QED) is 0.220. The molecule has 0 aliphatic carbocycles. The van der Waals surface area contributed by atoms with Crippen molar-refractivity contribution in [2.75, 3.05) is 18.4 Å². The predicted molar refractivity (Wildman–Crippen MR) is 150 cm³/mol. The van der Waals surface area contributed by atoms with Crippen LogP contribution in [0.5, 0.6) is 0 Å². The Morgan fingerprint density at radius 2 is 1.59 bits per heavy atom. The van der Waals surface area contributed by atoms with Gasteiger partial charge in [-0.25, -0.2) is 4.68 Å². The van der Waals surface area contributed by atoms with E-state index in [-0.39, 0.29) is 18.4 Å². The Bertz CT molecular complexity index is 1360. The first kappa shape index (κ1) is 26.5. The van der Waals surface area contributed by atoms with Gasteiger partial charge in [0.15, 0.2) is 0 Å². The molecule has 2 amide bonds. The normalized spacial score (nSPS) is 10.8. The number of rotatable bonds is 10. The number of unbranched alkanes of at least 4 members (excludes halogenated alkanes) is 2. The number of hydrogen-bond acceptors (Lipinski definition) is 3. The van der Waals surface area contributed by atoms with E-state index >= 15 is 0 Å². The van der Waals surface area contributed by atoms with Gasteiger partial charge in [-0.05, 0) is 36.8 Å². The Balaban J connectivity index is 1.58. The molecule has 0 aliphatic rings. The lowest BCUT2D eigenvalue weighted by Crippen LogP contribution is -2.39. The minimum absolute atomic E-state index is 0.108. The van der Waals surface area contributed by atoms with Gasteiger partial charge in [0.2, 0.25) is 5.91 Å². The van der Waals surface area contributed by atoms with Crippen molar-refractivity contribution in [2.45, 2.75) is 26.2 Å². The molecule has 8 heteroatoms. The molecular formula is C29H28Cl2N4O2. The molecule has 0 saturated heterocycles. The summed E-state index contributed by atoms with van der Waals surface area (Å²) < 4.78 is 1.70. The van der Waals surface area contributed by atoms with Crippen LogP contribution in [0.3, 0.4) is 0 Å². The van der Waals surface area contributed by atoms with Crippen molar-refractivity contribution in [3.05, 3.63) is 101 Å². The van der Waals surface area contributed by atoms with Gasteiger partial charge in [0, 0.05) is 23.7 Å². The van der Waals surface area contributed by atoms with Crippen molar-refractivity contribution < 1.29 is 9.59 Å². The summed E-state index contributed by atoms with van der Waals surface area (Å²) in [7, 11) is 0. The van der Waals surface area contributed by atoms with Crippen molar-refractivity contribution >= 4 is 40.8 Å². The Morgan fingerprint density at radius 3 is 2.27 bits per heavy atom. The summed E-state index contributed by atoms with van der Waals surface area (Å²) in [5.41, 5.74) is 2.86. The summed E-state index contributed by atoms with van der Waals surface area (Å²) >= 11 is 12.2. The van der Waals surface area contributed by atoms with Gasteiger partial charge in [-0.15, -0.1) is 0 Å². The van der Waals surface area contributed by atoms with E-state index in [0.29, 0.717) is 28.0 Å². The van der Waals surface area contributed by atoms with Gasteiger partial charge in [0.05, 0.1) is 21.4 Å². The number of amides is 2. The molecular weight excluding hydrogens is 507 g/mol. The molecule has 0 aliphatic heterocycles. The lowest BCUT2D eigenvalue weighted by atomic mass is 10.1. The van der Waals surface area contributed by atoms with Gasteiger partial charge < -0.3 is 10.2 Å². The molecule has 0 radical (unpaired) electrons. The van der Waals surface area contributed by atoms with E-state index in [1.165, 1.54) is 6.07 Å². The second-order valence-electron chi connectivity index (χ2n) is 8.64. The fourth-order valence-electron chi connectivity index (χ4n) is 3.96. The number of carbonyl (C=O) groups is 2. The van der Waals surface area contributed by atoms with Crippen LogP contribution in [-0.2, 0) is 4.79 Å². The van der Waals surface area contributed by atoms with Gasteiger partial charge in [0.1, 0.15) is 12.4 Å². The number of nitrogens with zero attached hydrogens (tertiary/aromatic N) is 3. The first-order valence-corrected chi connectivity index (χ1v) is 13.0. The summed E-state index contributed by atoms with van der Waals surface area (Å²) in [6.45, 7) is 2.43. The van der Waals surface area contributed by atoms with E-state index in [4.69, 9.17) is 28.3 Å².